The molecular formula is C19H22N2O4. The van der Waals surface area contributed by atoms with E-state index in [0.717, 1.165) is 5.56 Å². The van der Waals surface area contributed by atoms with Crippen LogP contribution in [0.1, 0.15) is 32.3 Å². The van der Waals surface area contributed by atoms with E-state index in [1.165, 1.54) is 12.0 Å². The Morgan fingerprint density at radius 3 is 2.52 bits per heavy atom. The molecule has 4 unspecified atom stereocenters. The van der Waals surface area contributed by atoms with E-state index in [4.69, 9.17) is 14.2 Å². The van der Waals surface area contributed by atoms with E-state index in [1.54, 1.807) is 6.08 Å². The summed E-state index contributed by atoms with van der Waals surface area (Å²) in [4.78, 5) is 13.9. The fourth-order valence-corrected chi connectivity index (χ4v) is 3.34. The summed E-state index contributed by atoms with van der Waals surface area (Å²) in [6, 6.07) is 11.8. The summed E-state index contributed by atoms with van der Waals surface area (Å²) < 4.78 is 17.0. The number of nitriles is 1. The summed E-state index contributed by atoms with van der Waals surface area (Å²) in [6.07, 6.45) is -0.410. The van der Waals surface area contributed by atoms with E-state index < -0.39 is 24.7 Å². The molecule has 1 saturated heterocycles. The average molecular weight is 342 g/mol. The van der Waals surface area contributed by atoms with E-state index in [2.05, 4.69) is 6.07 Å². The molecule has 0 N–H and O–H groups in total. The minimum absolute atomic E-state index is 0.183. The van der Waals surface area contributed by atoms with Gasteiger partial charge in [0.2, 0.25) is 6.23 Å². The highest BCUT2D eigenvalue weighted by Crippen LogP contribution is 2.44. The van der Waals surface area contributed by atoms with Gasteiger partial charge in [-0.25, -0.2) is 9.69 Å². The number of hydrogen-bond acceptors (Lipinski definition) is 5. The van der Waals surface area contributed by atoms with Gasteiger partial charge in [-0.05, 0) is 11.6 Å². The van der Waals surface area contributed by atoms with Gasteiger partial charge in [0.15, 0.2) is 5.76 Å². The number of nitrogens with zero attached hydrogens (tertiary/aromatic N) is 2. The molecule has 25 heavy (non-hydrogen) atoms. The number of fused-ring (bicyclic) bond motifs is 1. The van der Waals surface area contributed by atoms with Crippen LogP contribution in [-0.2, 0) is 14.2 Å². The Bertz CT molecular complexity index is 717. The van der Waals surface area contributed by atoms with Crippen molar-refractivity contribution in [3.63, 3.8) is 0 Å². The maximum atomic E-state index is 12.4. The Balaban J connectivity index is 2.05. The number of rotatable bonds is 1. The number of benzene rings is 1. The van der Waals surface area contributed by atoms with Crippen molar-refractivity contribution in [3.05, 3.63) is 47.7 Å². The maximum Gasteiger partial charge on any atom is 0.414 e. The van der Waals surface area contributed by atoms with Gasteiger partial charge in [0.25, 0.3) is 0 Å². The summed E-state index contributed by atoms with van der Waals surface area (Å²) in [5.74, 6) is -0.00345. The quantitative estimate of drug-likeness (QED) is 0.782. The molecule has 0 saturated carbocycles. The summed E-state index contributed by atoms with van der Waals surface area (Å²) >= 11 is 0. The molecule has 0 spiro atoms. The van der Waals surface area contributed by atoms with Gasteiger partial charge in [-0.3, -0.25) is 0 Å². The van der Waals surface area contributed by atoms with Crippen molar-refractivity contribution in [3.8, 4) is 6.07 Å². The summed E-state index contributed by atoms with van der Waals surface area (Å²) in [5.41, 5.74) is 0.663. The molecule has 1 fully saturated rings. The summed E-state index contributed by atoms with van der Waals surface area (Å²) in [7, 11) is 1.33. The highest BCUT2D eigenvalue weighted by atomic mass is 16.6. The zero-order valence-electron chi connectivity index (χ0n) is 14.8. The molecule has 0 bridgehead atoms. The van der Waals surface area contributed by atoms with Gasteiger partial charge in [-0.15, -0.1) is 0 Å². The van der Waals surface area contributed by atoms with Crippen molar-refractivity contribution in [2.24, 2.45) is 5.41 Å². The van der Waals surface area contributed by atoms with Crippen LogP contribution < -0.4 is 0 Å². The average Bonchev–Trinajstić information content (AvgIpc) is 3.00. The fraction of sp³-hybridized carbons (Fsp3) is 0.474. The number of methoxy groups -OCH3 is 1. The first-order valence-electron chi connectivity index (χ1n) is 8.22. The monoisotopic (exact) mass is 342 g/mol. The molecule has 2 aliphatic heterocycles. The van der Waals surface area contributed by atoms with E-state index in [9.17, 15) is 10.1 Å². The zero-order valence-corrected chi connectivity index (χ0v) is 14.8. The van der Waals surface area contributed by atoms with Gasteiger partial charge in [0, 0.05) is 11.3 Å². The number of allylic oxidation sites excluding steroid dienone is 1. The fourth-order valence-electron chi connectivity index (χ4n) is 3.34. The number of amides is 1. The van der Waals surface area contributed by atoms with Crippen LogP contribution in [0.3, 0.4) is 0 Å². The van der Waals surface area contributed by atoms with E-state index in [1.807, 2.05) is 51.1 Å². The minimum Gasteiger partial charge on any atom is -0.457 e. The molecule has 3 rings (SSSR count). The van der Waals surface area contributed by atoms with Gasteiger partial charge in [-0.1, -0.05) is 51.1 Å². The molecule has 1 amide bonds. The second-order valence-corrected chi connectivity index (χ2v) is 7.28. The Morgan fingerprint density at radius 2 is 1.96 bits per heavy atom. The van der Waals surface area contributed by atoms with Gasteiger partial charge in [0.1, 0.15) is 18.4 Å². The maximum absolute atomic E-state index is 12.4. The van der Waals surface area contributed by atoms with Crippen molar-refractivity contribution in [2.75, 3.05) is 7.11 Å². The second kappa shape index (κ2) is 6.41. The number of carbonyl (C=O) groups excluding carboxylic acids is 1. The van der Waals surface area contributed by atoms with Crippen LogP contribution >= 0.6 is 0 Å². The van der Waals surface area contributed by atoms with E-state index in [-0.39, 0.29) is 17.1 Å². The van der Waals surface area contributed by atoms with Gasteiger partial charge < -0.3 is 14.2 Å². The standard InChI is InChI=1S/C19H22N2O4/c1-19(2,3)17-21(18(22)23-4)16-15(25-17)14(10-13(11-20)24-16)12-8-6-5-7-9-12/h5-10,14-17H,1-4H3. The van der Waals surface area contributed by atoms with Crippen molar-refractivity contribution >= 4 is 6.09 Å². The SMILES string of the molecule is COC(=O)N1C2OC(C#N)=CC(c3ccccc3)C2OC1C(C)(C)C. The van der Waals surface area contributed by atoms with Crippen molar-refractivity contribution in [1.82, 2.24) is 4.90 Å². The van der Waals surface area contributed by atoms with Crippen LogP contribution in [0, 0.1) is 16.7 Å². The summed E-state index contributed by atoms with van der Waals surface area (Å²) in [5, 5.41) is 9.36. The highest BCUT2D eigenvalue weighted by Gasteiger charge is 2.55. The van der Waals surface area contributed by atoms with Gasteiger partial charge >= 0.3 is 6.09 Å². The molecule has 6 nitrogen and oxygen atoms in total. The molecule has 0 aromatic heterocycles. The molecule has 4 atom stereocenters. The number of hydrogen-bond donors (Lipinski definition) is 0. The molecule has 1 aromatic carbocycles. The first kappa shape index (κ1) is 17.3. The van der Waals surface area contributed by atoms with Gasteiger partial charge in [-0.2, -0.15) is 5.26 Å². The second-order valence-electron chi connectivity index (χ2n) is 7.28. The Morgan fingerprint density at radius 1 is 1.28 bits per heavy atom. The summed E-state index contributed by atoms with van der Waals surface area (Å²) in [6.45, 7) is 5.96. The predicted molar refractivity (Wildman–Crippen MR) is 90.1 cm³/mol. The zero-order chi connectivity index (χ0) is 18.2. The lowest BCUT2D eigenvalue weighted by atomic mass is 9.90. The van der Waals surface area contributed by atoms with Crippen LogP contribution in [0.15, 0.2) is 42.2 Å². The van der Waals surface area contributed by atoms with Crippen molar-refractivity contribution in [2.45, 2.75) is 45.2 Å². The first-order valence-corrected chi connectivity index (χ1v) is 8.22. The number of carbonyl (C=O) groups is 1. The smallest absolute Gasteiger partial charge is 0.414 e. The molecule has 6 heteroatoms. The third-order valence-electron chi connectivity index (χ3n) is 4.45. The van der Waals surface area contributed by atoms with Crippen LogP contribution in [0.25, 0.3) is 0 Å². The largest absolute Gasteiger partial charge is 0.457 e. The van der Waals surface area contributed by atoms with Gasteiger partial charge in [0.05, 0.1) is 7.11 Å². The molecule has 0 radical (unpaired) electrons. The van der Waals surface area contributed by atoms with E-state index in [0.29, 0.717) is 0 Å². The molecular weight excluding hydrogens is 320 g/mol. The van der Waals surface area contributed by atoms with Crippen molar-refractivity contribution < 1.29 is 19.0 Å². The topological polar surface area (TPSA) is 71.8 Å². The third kappa shape index (κ3) is 3.08. The lowest BCUT2D eigenvalue weighted by Crippen LogP contribution is -2.50. The normalized spacial score (nSPS) is 28.4. The third-order valence-corrected chi connectivity index (χ3v) is 4.45. The number of ether oxygens (including phenoxy) is 3. The molecule has 132 valence electrons. The minimum atomic E-state index is -0.707. The Hall–Kier alpha value is -2.52. The lowest BCUT2D eigenvalue weighted by Gasteiger charge is -2.35. The predicted octanol–water partition coefficient (Wildman–Crippen LogP) is 3.37. The lowest BCUT2D eigenvalue weighted by molar-refractivity contribution is -0.0652. The van der Waals surface area contributed by atoms with Crippen LogP contribution in [0.5, 0.6) is 0 Å². The van der Waals surface area contributed by atoms with Crippen molar-refractivity contribution in [1.29, 1.82) is 5.26 Å². The Labute approximate surface area is 147 Å². The highest BCUT2D eigenvalue weighted by molar-refractivity contribution is 5.68. The molecule has 0 aliphatic carbocycles. The van der Waals surface area contributed by atoms with Crippen LogP contribution in [0.2, 0.25) is 0 Å². The molecule has 2 heterocycles. The first-order chi connectivity index (χ1) is 11.9. The molecule has 2 aliphatic rings. The Kier molecular flexibility index (Phi) is 4.44. The molecule has 1 aromatic rings. The van der Waals surface area contributed by atoms with Crippen LogP contribution in [-0.4, -0.2) is 36.7 Å². The van der Waals surface area contributed by atoms with E-state index >= 15 is 0 Å². The van der Waals surface area contributed by atoms with Crippen LogP contribution in [0.4, 0.5) is 4.79 Å².